The highest BCUT2D eigenvalue weighted by Gasteiger charge is 2.24. The van der Waals surface area contributed by atoms with E-state index in [1.54, 1.807) is 0 Å². The molecule has 6 heteroatoms. The van der Waals surface area contributed by atoms with Crippen LogP contribution in [0.15, 0.2) is 5.83 Å². The zero-order valence-corrected chi connectivity index (χ0v) is 13.4. The van der Waals surface area contributed by atoms with E-state index in [1.807, 2.05) is 0 Å². The summed E-state index contributed by atoms with van der Waals surface area (Å²) in [4.78, 5) is 13.2. The molecular formula is C16H25FN4O. The second-order valence-electron chi connectivity index (χ2n) is 5.66. The molecule has 0 bridgehead atoms. The summed E-state index contributed by atoms with van der Waals surface area (Å²) in [7, 11) is 0. The maximum Gasteiger partial charge on any atom is 0.226 e. The molecule has 1 aliphatic carbocycles. The van der Waals surface area contributed by atoms with Crippen LogP contribution in [0.2, 0.25) is 0 Å². The van der Waals surface area contributed by atoms with Crippen molar-refractivity contribution in [1.29, 1.82) is 0 Å². The molecule has 0 radical (unpaired) electrons. The summed E-state index contributed by atoms with van der Waals surface area (Å²) >= 11 is 0. The first kappa shape index (κ1) is 16.8. The Labute approximate surface area is 131 Å². The molecule has 0 saturated carbocycles. The predicted octanol–water partition coefficient (Wildman–Crippen LogP) is 3.26. The smallest absolute Gasteiger partial charge is 0.226 e. The van der Waals surface area contributed by atoms with Crippen LogP contribution in [0, 0.1) is 0 Å². The third kappa shape index (κ3) is 4.22. The zero-order valence-electron chi connectivity index (χ0n) is 13.4. The minimum atomic E-state index is -1.02. The van der Waals surface area contributed by atoms with Gasteiger partial charge in [0.2, 0.25) is 5.95 Å². The minimum absolute atomic E-state index is 0.371. The van der Waals surface area contributed by atoms with Gasteiger partial charge in [0.05, 0.1) is 0 Å². The number of anilines is 1. The van der Waals surface area contributed by atoms with E-state index in [0.29, 0.717) is 36.0 Å². The zero-order chi connectivity index (χ0) is 15.9. The first-order chi connectivity index (χ1) is 10.7. The van der Waals surface area contributed by atoms with Crippen molar-refractivity contribution in [3.05, 3.63) is 17.5 Å². The fourth-order valence-corrected chi connectivity index (χ4v) is 2.46. The molecule has 0 saturated heterocycles. The lowest BCUT2D eigenvalue weighted by Gasteiger charge is -2.19. The molecule has 0 aliphatic heterocycles. The first-order valence-electron chi connectivity index (χ1n) is 8.21. The number of aliphatic hydroxyl groups excluding tert-OH is 1. The molecule has 2 N–H and O–H groups in total. The Morgan fingerprint density at radius 3 is 2.77 bits per heavy atom. The molecule has 5 nitrogen and oxygen atoms in total. The third-order valence-electron chi connectivity index (χ3n) is 3.72. The van der Waals surface area contributed by atoms with Crippen LogP contribution in [0.5, 0.6) is 0 Å². The summed E-state index contributed by atoms with van der Waals surface area (Å²) in [5, 5.41) is 12.9. The lowest BCUT2D eigenvalue weighted by atomic mass is 9.95. The number of nitrogens with one attached hydrogen (secondary N) is 1. The third-order valence-corrected chi connectivity index (χ3v) is 3.72. The van der Waals surface area contributed by atoms with E-state index in [9.17, 15) is 9.50 Å². The molecule has 1 aromatic rings. The van der Waals surface area contributed by atoms with Crippen molar-refractivity contribution < 1.29 is 9.50 Å². The van der Waals surface area contributed by atoms with Crippen LogP contribution >= 0.6 is 0 Å². The number of aliphatic hydroxyl groups is 1. The molecule has 0 spiro atoms. The van der Waals surface area contributed by atoms with Crippen LogP contribution in [-0.2, 0) is 6.42 Å². The summed E-state index contributed by atoms with van der Waals surface area (Å²) in [6.45, 7) is 4.94. The molecule has 122 valence electrons. The number of aryl methyl sites for hydroxylation is 1. The minimum Gasteiger partial charge on any atom is -0.386 e. The molecular weight excluding hydrogens is 283 g/mol. The summed E-state index contributed by atoms with van der Waals surface area (Å²) in [5.41, 5.74) is 0.429. The van der Waals surface area contributed by atoms with Gasteiger partial charge in [0, 0.05) is 18.5 Å². The normalized spacial score (nSPS) is 18.6. The Kier molecular flexibility index (Phi) is 6.24. The molecule has 1 aliphatic rings. The van der Waals surface area contributed by atoms with Crippen LogP contribution in [0.4, 0.5) is 10.3 Å². The molecule has 2 rings (SSSR count). The summed E-state index contributed by atoms with van der Waals surface area (Å²) in [6.07, 6.45) is 4.50. The van der Waals surface area contributed by atoms with Gasteiger partial charge < -0.3 is 10.4 Å². The van der Waals surface area contributed by atoms with Gasteiger partial charge in [-0.3, -0.25) is 0 Å². The molecule has 0 aromatic carbocycles. The molecule has 1 atom stereocenters. The summed E-state index contributed by atoms with van der Waals surface area (Å²) in [6, 6.07) is 0. The van der Waals surface area contributed by atoms with Crippen LogP contribution in [0.1, 0.15) is 64.0 Å². The Bertz CT molecular complexity index is 507. The Morgan fingerprint density at radius 1 is 1.23 bits per heavy atom. The van der Waals surface area contributed by atoms with Crippen molar-refractivity contribution in [3.63, 3.8) is 0 Å². The molecule has 1 heterocycles. The van der Waals surface area contributed by atoms with Crippen LogP contribution in [-0.4, -0.2) is 32.7 Å². The standard InChI is InChI=1S/C16H25FN4O/c1-3-5-9-13-19-15(21-16(20-13)18-10-4-2)11-7-6-8-12(22)14(11)17/h12,22H,3-10H2,1-2H3,(H,18,19,20,21). The Morgan fingerprint density at radius 2 is 2.05 bits per heavy atom. The largest absolute Gasteiger partial charge is 0.386 e. The van der Waals surface area contributed by atoms with Gasteiger partial charge in [-0.15, -0.1) is 0 Å². The van der Waals surface area contributed by atoms with E-state index in [4.69, 9.17) is 0 Å². The van der Waals surface area contributed by atoms with E-state index in [2.05, 4.69) is 34.1 Å². The number of hydrogen-bond acceptors (Lipinski definition) is 5. The topological polar surface area (TPSA) is 70.9 Å². The second-order valence-corrected chi connectivity index (χ2v) is 5.66. The Hall–Kier alpha value is -1.56. The van der Waals surface area contributed by atoms with Gasteiger partial charge >= 0.3 is 0 Å². The molecule has 1 unspecified atom stereocenters. The quantitative estimate of drug-likeness (QED) is 0.809. The van der Waals surface area contributed by atoms with Crippen molar-refractivity contribution >= 4 is 11.5 Å². The van der Waals surface area contributed by atoms with Crippen molar-refractivity contribution in [2.45, 2.75) is 64.9 Å². The number of aromatic nitrogens is 3. The highest BCUT2D eigenvalue weighted by molar-refractivity contribution is 5.64. The van der Waals surface area contributed by atoms with Gasteiger partial charge in [0.15, 0.2) is 5.82 Å². The number of nitrogens with zero attached hydrogens (tertiary/aromatic N) is 3. The number of rotatable bonds is 7. The van der Waals surface area contributed by atoms with Gasteiger partial charge in [-0.05, 0) is 32.1 Å². The van der Waals surface area contributed by atoms with E-state index >= 15 is 0 Å². The van der Waals surface area contributed by atoms with Crippen molar-refractivity contribution in [2.24, 2.45) is 0 Å². The summed E-state index contributed by atoms with van der Waals surface area (Å²) < 4.78 is 14.2. The highest BCUT2D eigenvalue weighted by atomic mass is 19.1. The molecule has 0 amide bonds. The van der Waals surface area contributed by atoms with Gasteiger partial charge in [-0.1, -0.05) is 20.3 Å². The second kappa shape index (κ2) is 8.17. The van der Waals surface area contributed by atoms with E-state index in [0.717, 1.165) is 38.6 Å². The van der Waals surface area contributed by atoms with Crippen molar-refractivity contribution in [1.82, 2.24) is 15.0 Å². The highest BCUT2D eigenvalue weighted by Crippen LogP contribution is 2.32. The SMILES string of the molecule is CCCCc1nc(NCCC)nc(C2=C(F)C(O)CCC2)n1. The fourth-order valence-electron chi connectivity index (χ4n) is 2.46. The van der Waals surface area contributed by atoms with Crippen LogP contribution in [0.25, 0.3) is 5.57 Å². The van der Waals surface area contributed by atoms with Crippen molar-refractivity contribution in [3.8, 4) is 0 Å². The number of halogens is 1. The van der Waals surface area contributed by atoms with E-state index < -0.39 is 11.9 Å². The molecule has 0 fully saturated rings. The number of unbranched alkanes of at least 4 members (excludes halogenated alkanes) is 1. The van der Waals surface area contributed by atoms with Gasteiger partial charge in [-0.25, -0.2) is 9.37 Å². The Balaban J connectivity index is 2.34. The van der Waals surface area contributed by atoms with Gasteiger partial charge in [0.25, 0.3) is 0 Å². The number of hydrogen-bond donors (Lipinski definition) is 2. The maximum absolute atomic E-state index is 14.2. The fraction of sp³-hybridized carbons (Fsp3) is 0.688. The monoisotopic (exact) mass is 308 g/mol. The van der Waals surface area contributed by atoms with Crippen LogP contribution < -0.4 is 5.32 Å². The van der Waals surface area contributed by atoms with Crippen molar-refractivity contribution in [2.75, 3.05) is 11.9 Å². The lowest BCUT2D eigenvalue weighted by molar-refractivity contribution is 0.165. The van der Waals surface area contributed by atoms with Crippen LogP contribution in [0.3, 0.4) is 0 Å². The summed E-state index contributed by atoms with van der Waals surface area (Å²) in [5.74, 6) is 1.07. The maximum atomic E-state index is 14.2. The van der Waals surface area contributed by atoms with E-state index in [1.165, 1.54) is 0 Å². The van der Waals surface area contributed by atoms with Gasteiger partial charge in [0.1, 0.15) is 17.8 Å². The van der Waals surface area contributed by atoms with E-state index in [-0.39, 0.29) is 0 Å². The average molecular weight is 308 g/mol. The molecule has 1 aromatic heterocycles. The molecule has 22 heavy (non-hydrogen) atoms. The van der Waals surface area contributed by atoms with Gasteiger partial charge in [-0.2, -0.15) is 9.97 Å². The average Bonchev–Trinajstić information content (AvgIpc) is 2.53. The lowest BCUT2D eigenvalue weighted by Crippen LogP contribution is -2.17. The first-order valence-corrected chi connectivity index (χ1v) is 8.21. The predicted molar refractivity (Wildman–Crippen MR) is 85.1 cm³/mol. The number of allylic oxidation sites excluding steroid dienone is 1.